The highest BCUT2D eigenvalue weighted by molar-refractivity contribution is 6.23. The summed E-state index contributed by atoms with van der Waals surface area (Å²) in [5, 5.41) is 15.1. The van der Waals surface area contributed by atoms with Crippen LogP contribution < -0.4 is 0 Å². The van der Waals surface area contributed by atoms with Crippen molar-refractivity contribution >= 4 is 86.7 Å². The second-order valence-electron chi connectivity index (χ2n) is 14.6. The first-order valence-electron chi connectivity index (χ1n) is 18.7. The molecular formula is C52H32N2. The number of hydrogen-bond acceptors (Lipinski definition) is 0. The molecule has 0 fully saturated rings. The highest BCUT2D eigenvalue weighted by atomic mass is 15.0. The number of fused-ring (bicyclic) bond motifs is 12. The molecule has 0 saturated carbocycles. The van der Waals surface area contributed by atoms with E-state index in [1.807, 2.05) is 0 Å². The summed E-state index contributed by atoms with van der Waals surface area (Å²) in [6.45, 7) is 0. The van der Waals surface area contributed by atoms with E-state index in [-0.39, 0.29) is 0 Å². The van der Waals surface area contributed by atoms with Crippen molar-refractivity contribution in [1.82, 2.24) is 9.13 Å². The Bertz CT molecular complexity index is 3510. The Balaban J connectivity index is 1.13. The predicted octanol–water partition coefficient (Wildman–Crippen LogP) is 14.2. The van der Waals surface area contributed by atoms with Gasteiger partial charge >= 0.3 is 0 Å². The molecule has 0 radical (unpaired) electrons. The van der Waals surface area contributed by atoms with Gasteiger partial charge in [-0.2, -0.15) is 0 Å². The maximum atomic E-state index is 2.46. The van der Waals surface area contributed by atoms with Crippen LogP contribution in [0.2, 0.25) is 0 Å². The molecule has 0 aliphatic rings. The number of benzene rings is 10. The molecule has 0 saturated heterocycles. The van der Waals surface area contributed by atoms with Gasteiger partial charge < -0.3 is 9.13 Å². The second-order valence-corrected chi connectivity index (χ2v) is 14.6. The van der Waals surface area contributed by atoms with E-state index in [9.17, 15) is 0 Å². The van der Waals surface area contributed by atoms with Crippen molar-refractivity contribution in [3.8, 4) is 22.5 Å². The van der Waals surface area contributed by atoms with Crippen LogP contribution >= 0.6 is 0 Å². The van der Waals surface area contributed by atoms with Gasteiger partial charge in [-0.3, -0.25) is 0 Å². The van der Waals surface area contributed by atoms with Gasteiger partial charge in [-0.1, -0.05) is 140 Å². The summed E-state index contributed by atoms with van der Waals surface area (Å²) in [4.78, 5) is 0. The van der Waals surface area contributed by atoms with E-state index >= 15 is 0 Å². The molecule has 0 bridgehead atoms. The minimum Gasteiger partial charge on any atom is -0.309 e. The van der Waals surface area contributed by atoms with Crippen molar-refractivity contribution in [2.45, 2.75) is 0 Å². The molecule has 250 valence electrons. The third kappa shape index (κ3) is 4.22. The van der Waals surface area contributed by atoms with Gasteiger partial charge in [0.25, 0.3) is 0 Å². The largest absolute Gasteiger partial charge is 0.309 e. The van der Waals surface area contributed by atoms with Crippen LogP contribution in [0.25, 0.3) is 109 Å². The van der Waals surface area contributed by atoms with Gasteiger partial charge in [0.05, 0.1) is 22.1 Å². The first-order valence-corrected chi connectivity index (χ1v) is 18.7. The van der Waals surface area contributed by atoms with Crippen LogP contribution in [-0.2, 0) is 0 Å². The van der Waals surface area contributed by atoms with E-state index in [1.165, 1.54) is 109 Å². The lowest BCUT2D eigenvalue weighted by atomic mass is 9.98. The van der Waals surface area contributed by atoms with Gasteiger partial charge in [0.1, 0.15) is 0 Å². The summed E-state index contributed by atoms with van der Waals surface area (Å²) < 4.78 is 4.91. The molecule has 10 aromatic carbocycles. The van der Waals surface area contributed by atoms with E-state index in [0.29, 0.717) is 0 Å². The molecule has 12 rings (SSSR count). The number of aromatic nitrogens is 2. The molecule has 0 aliphatic carbocycles. The van der Waals surface area contributed by atoms with Gasteiger partial charge in [-0.25, -0.2) is 0 Å². The zero-order chi connectivity index (χ0) is 35.3. The van der Waals surface area contributed by atoms with Gasteiger partial charge in [-0.05, 0) is 109 Å². The van der Waals surface area contributed by atoms with Crippen LogP contribution in [0.1, 0.15) is 0 Å². The summed E-state index contributed by atoms with van der Waals surface area (Å²) in [5.74, 6) is 0. The first kappa shape index (κ1) is 29.4. The fraction of sp³-hybridized carbons (Fsp3) is 0. The van der Waals surface area contributed by atoms with E-state index in [4.69, 9.17) is 0 Å². The molecule has 2 nitrogen and oxygen atoms in total. The van der Waals surface area contributed by atoms with Crippen LogP contribution in [0.15, 0.2) is 194 Å². The zero-order valence-corrected chi connectivity index (χ0v) is 29.4. The van der Waals surface area contributed by atoms with E-state index < -0.39 is 0 Å². The second kappa shape index (κ2) is 11.2. The number of rotatable bonds is 3. The maximum absolute atomic E-state index is 2.46. The molecule has 0 atom stereocenters. The molecule has 2 heterocycles. The fourth-order valence-corrected chi connectivity index (χ4v) is 9.12. The lowest BCUT2D eigenvalue weighted by Crippen LogP contribution is -1.94. The molecule has 0 spiro atoms. The topological polar surface area (TPSA) is 9.86 Å². The molecule has 0 amide bonds. The molecule has 54 heavy (non-hydrogen) atoms. The molecule has 0 N–H and O–H groups in total. The Hall–Kier alpha value is -7.16. The summed E-state index contributed by atoms with van der Waals surface area (Å²) in [7, 11) is 0. The molecule has 2 heteroatoms. The smallest absolute Gasteiger partial charge is 0.0547 e. The van der Waals surface area contributed by atoms with Gasteiger partial charge in [0.2, 0.25) is 0 Å². The minimum absolute atomic E-state index is 1.17. The van der Waals surface area contributed by atoms with Crippen molar-refractivity contribution in [2.75, 3.05) is 0 Å². The van der Waals surface area contributed by atoms with Crippen LogP contribution in [0, 0.1) is 0 Å². The Kier molecular flexibility index (Phi) is 6.09. The van der Waals surface area contributed by atoms with E-state index in [0.717, 1.165) is 0 Å². The van der Waals surface area contributed by atoms with Crippen molar-refractivity contribution in [3.63, 3.8) is 0 Å². The first-order chi connectivity index (χ1) is 26.8. The van der Waals surface area contributed by atoms with Crippen LogP contribution in [0.3, 0.4) is 0 Å². The molecule has 0 unspecified atom stereocenters. The average Bonchev–Trinajstić information content (AvgIpc) is 3.76. The number of hydrogen-bond donors (Lipinski definition) is 0. The predicted molar refractivity (Wildman–Crippen MR) is 231 cm³/mol. The van der Waals surface area contributed by atoms with Crippen molar-refractivity contribution in [1.29, 1.82) is 0 Å². The van der Waals surface area contributed by atoms with Crippen molar-refractivity contribution in [2.24, 2.45) is 0 Å². The standard InChI is InChI=1S/C52H32N2/c1-3-13-37-29-41(23-17-33(37)9-1)53-47-26-22-39(31-46(47)52-44-16-8-6-12-36(44)21-28-49(52)53)40-19-25-45-50(32-40)54(42-24-18-34-10-2-4-14-38(34)30-42)48-27-20-35-11-5-7-15-43(35)51(45)48/h1-32H. The monoisotopic (exact) mass is 684 g/mol. The van der Waals surface area contributed by atoms with Gasteiger partial charge in [0.15, 0.2) is 0 Å². The van der Waals surface area contributed by atoms with Crippen LogP contribution in [-0.4, -0.2) is 9.13 Å². The molecule has 12 aromatic rings. The van der Waals surface area contributed by atoms with Crippen LogP contribution in [0.5, 0.6) is 0 Å². The van der Waals surface area contributed by atoms with Gasteiger partial charge in [0, 0.05) is 32.9 Å². The average molecular weight is 685 g/mol. The van der Waals surface area contributed by atoms with E-state index in [2.05, 4.69) is 203 Å². The highest BCUT2D eigenvalue weighted by Gasteiger charge is 2.19. The molecule has 2 aromatic heterocycles. The lowest BCUT2D eigenvalue weighted by Gasteiger charge is -2.11. The molecular weight excluding hydrogens is 653 g/mol. The SMILES string of the molecule is c1ccc2cc(-n3c4ccc(-c5ccc6c7c8ccccc8ccc7n(-c7ccc8ccccc8c7)c6c5)cc4c4c5ccccc5ccc43)ccc2c1. The number of nitrogens with zero attached hydrogens (tertiary/aromatic N) is 2. The van der Waals surface area contributed by atoms with Gasteiger partial charge in [-0.15, -0.1) is 0 Å². The highest BCUT2D eigenvalue weighted by Crippen LogP contribution is 2.42. The van der Waals surface area contributed by atoms with E-state index in [1.54, 1.807) is 0 Å². The Labute approximate surface area is 311 Å². The third-order valence-electron chi connectivity index (χ3n) is 11.6. The summed E-state index contributed by atoms with van der Waals surface area (Å²) in [5.41, 5.74) is 9.59. The zero-order valence-electron chi connectivity index (χ0n) is 29.4. The third-order valence-corrected chi connectivity index (χ3v) is 11.6. The Morgan fingerprint density at radius 3 is 1.30 bits per heavy atom. The fourth-order valence-electron chi connectivity index (χ4n) is 9.12. The van der Waals surface area contributed by atoms with Crippen LogP contribution in [0.4, 0.5) is 0 Å². The van der Waals surface area contributed by atoms with Crippen molar-refractivity contribution < 1.29 is 0 Å². The quantitative estimate of drug-likeness (QED) is 0.175. The summed E-state index contributed by atoms with van der Waals surface area (Å²) in [6, 6.07) is 71.7. The minimum atomic E-state index is 1.17. The maximum Gasteiger partial charge on any atom is 0.0547 e. The lowest BCUT2D eigenvalue weighted by molar-refractivity contribution is 1.19. The normalized spacial score (nSPS) is 12.1. The van der Waals surface area contributed by atoms with Crippen molar-refractivity contribution in [3.05, 3.63) is 194 Å². The molecule has 0 aliphatic heterocycles. The Morgan fingerprint density at radius 1 is 0.241 bits per heavy atom. The Morgan fingerprint density at radius 2 is 0.685 bits per heavy atom. The summed E-state index contributed by atoms with van der Waals surface area (Å²) in [6.07, 6.45) is 0. The summed E-state index contributed by atoms with van der Waals surface area (Å²) >= 11 is 0.